The number of aliphatic hydroxyl groups excluding tert-OH is 1. The Balaban J connectivity index is 2.99. The van der Waals surface area contributed by atoms with Crippen LogP contribution in [0, 0.1) is 5.92 Å². The molecule has 1 unspecified atom stereocenters. The lowest BCUT2D eigenvalue weighted by Gasteiger charge is -2.22. The maximum absolute atomic E-state index is 12.9. The van der Waals surface area contributed by atoms with Crippen LogP contribution in [-0.4, -0.2) is 17.8 Å². The van der Waals surface area contributed by atoms with E-state index in [4.69, 9.17) is 0 Å². The lowest BCUT2D eigenvalue weighted by atomic mass is 10.0. The fourth-order valence-corrected chi connectivity index (χ4v) is 2.21. The first kappa shape index (κ1) is 16.3. The van der Waals surface area contributed by atoms with E-state index in [1.54, 1.807) is 6.07 Å². The van der Waals surface area contributed by atoms with Crippen molar-refractivity contribution in [2.45, 2.75) is 32.5 Å². The number of halogens is 4. The quantitative estimate of drug-likeness (QED) is 0.838. The van der Waals surface area contributed by atoms with Gasteiger partial charge in [-0.15, -0.1) is 0 Å². The molecule has 0 saturated heterocycles. The lowest BCUT2D eigenvalue weighted by Crippen LogP contribution is -2.27. The molecule has 0 fully saturated rings. The van der Waals surface area contributed by atoms with Crippen LogP contribution >= 0.6 is 15.9 Å². The summed E-state index contributed by atoms with van der Waals surface area (Å²) in [7, 11) is 0. The Hall–Kier alpha value is -0.750. The van der Waals surface area contributed by atoms with Gasteiger partial charge in [0.25, 0.3) is 0 Å². The minimum atomic E-state index is -4.43. The predicted octanol–water partition coefficient (Wildman–Crippen LogP) is 4.29. The number of anilines is 1. The van der Waals surface area contributed by atoms with Crippen LogP contribution in [0.25, 0.3) is 0 Å². The van der Waals surface area contributed by atoms with Crippen molar-refractivity contribution in [2.24, 2.45) is 5.92 Å². The lowest BCUT2D eigenvalue weighted by molar-refractivity contribution is -0.137. The number of rotatable bonds is 5. The molecule has 2 N–H and O–H groups in total. The SMILES string of the molecule is CC(C)CC(CO)Nc1ccc(Br)cc1C(F)(F)F. The zero-order valence-corrected chi connectivity index (χ0v) is 12.3. The van der Waals surface area contributed by atoms with E-state index in [0.717, 1.165) is 6.07 Å². The number of hydrogen-bond acceptors (Lipinski definition) is 2. The standard InChI is InChI=1S/C13H17BrF3NO/c1-8(2)5-10(7-19)18-12-4-3-9(14)6-11(12)13(15,16)17/h3-4,6,8,10,18-19H,5,7H2,1-2H3. The van der Waals surface area contributed by atoms with Gasteiger partial charge in [-0.3, -0.25) is 0 Å². The van der Waals surface area contributed by atoms with Crippen molar-refractivity contribution in [3.05, 3.63) is 28.2 Å². The summed E-state index contributed by atoms with van der Waals surface area (Å²) in [6, 6.07) is 3.56. The van der Waals surface area contributed by atoms with E-state index in [2.05, 4.69) is 21.2 Å². The summed E-state index contributed by atoms with van der Waals surface area (Å²) < 4.78 is 39.1. The van der Waals surface area contributed by atoms with Gasteiger partial charge < -0.3 is 10.4 Å². The average Bonchev–Trinajstić information content (AvgIpc) is 2.28. The molecule has 6 heteroatoms. The predicted molar refractivity (Wildman–Crippen MR) is 73.1 cm³/mol. The molecule has 0 aliphatic heterocycles. The van der Waals surface area contributed by atoms with Crippen LogP contribution in [-0.2, 0) is 6.18 Å². The Bertz CT molecular complexity index is 421. The summed E-state index contributed by atoms with van der Waals surface area (Å²) >= 11 is 3.04. The first-order valence-electron chi connectivity index (χ1n) is 5.98. The first-order valence-corrected chi connectivity index (χ1v) is 6.77. The van der Waals surface area contributed by atoms with Gasteiger partial charge in [-0.1, -0.05) is 29.8 Å². The van der Waals surface area contributed by atoms with Crippen LogP contribution in [0.15, 0.2) is 22.7 Å². The van der Waals surface area contributed by atoms with Crippen molar-refractivity contribution in [3.63, 3.8) is 0 Å². The Morgan fingerprint density at radius 3 is 2.42 bits per heavy atom. The minimum Gasteiger partial charge on any atom is -0.394 e. The van der Waals surface area contributed by atoms with Crippen molar-refractivity contribution >= 4 is 21.6 Å². The molecule has 0 heterocycles. The summed E-state index contributed by atoms with van der Waals surface area (Å²) in [5.41, 5.74) is -0.737. The Labute approximate surface area is 119 Å². The van der Waals surface area contributed by atoms with E-state index in [9.17, 15) is 18.3 Å². The zero-order valence-electron chi connectivity index (χ0n) is 10.8. The number of alkyl halides is 3. The second-order valence-electron chi connectivity index (χ2n) is 4.84. The molecule has 1 rings (SSSR count). The van der Waals surface area contributed by atoms with Gasteiger partial charge in [0.15, 0.2) is 0 Å². The van der Waals surface area contributed by atoms with Gasteiger partial charge in [0.05, 0.1) is 12.2 Å². The normalized spacial score (nSPS) is 13.7. The maximum atomic E-state index is 12.9. The highest BCUT2D eigenvalue weighted by atomic mass is 79.9. The number of benzene rings is 1. The molecule has 0 aliphatic carbocycles. The average molecular weight is 340 g/mol. The van der Waals surface area contributed by atoms with E-state index in [1.165, 1.54) is 6.07 Å². The van der Waals surface area contributed by atoms with Gasteiger partial charge in [0.1, 0.15) is 0 Å². The third-order valence-electron chi connectivity index (χ3n) is 2.62. The molecule has 1 atom stereocenters. The molecule has 0 spiro atoms. The number of aliphatic hydroxyl groups is 1. The molecule has 0 aliphatic rings. The Morgan fingerprint density at radius 1 is 1.32 bits per heavy atom. The van der Waals surface area contributed by atoms with Crippen molar-refractivity contribution in [3.8, 4) is 0 Å². The van der Waals surface area contributed by atoms with Gasteiger partial charge in [0, 0.05) is 16.2 Å². The van der Waals surface area contributed by atoms with Gasteiger partial charge in [-0.05, 0) is 30.5 Å². The molecule has 0 saturated carbocycles. The second kappa shape index (κ2) is 6.61. The molecular formula is C13H17BrF3NO. The fourth-order valence-electron chi connectivity index (χ4n) is 1.84. The van der Waals surface area contributed by atoms with E-state index in [1.807, 2.05) is 13.8 Å². The van der Waals surface area contributed by atoms with E-state index < -0.39 is 11.7 Å². The van der Waals surface area contributed by atoms with Crippen LogP contribution in [0.5, 0.6) is 0 Å². The highest BCUT2D eigenvalue weighted by molar-refractivity contribution is 9.10. The Morgan fingerprint density at radius 2 is 1.95 bits per heavy atom. The van der Waals surface area contributed by atoms with E-state index in [0.29, 0.717) is 10.9 Å². The topological polar surface area (TPSA) is 32.3 Å². The van der Waals surface area contributed by atoms with Crippen molar-refractivity contribution in [2.75, 3.05) is 11.9 Å². The molecule has 0 aromatic heterocycles. The summed E-state index contributed by atoms with van der Waals surface area (Å²) in [6.07, 6.45) is -3.83. The number of hydrogen-bond donors (Lipinski definition) is 2. The van der Waals surface area contributed by atoms with Gasteiger partial charge in [0.2, 0.25) is 0 Å². The van der Waals surface area contributed by atoms with Crippen molar-refractivity contribution in [1.29, 1.82) is 0 Å². The fraction of sp³-hybridized carbons (Fsp3) is 0.538. The molecule has 0 amide bonds. The third-order valence-corrected chi connectivity index (χ3v) is 3.12. The van der Waals surface area contributed by atoms with Crippen molar-refractivity contribution < 1.29 is 18.3 Å². The molecule has 1 aromatic rings. The Kier molecular flexibility index (Phi) is 5.67. The molecule has 2 nitrogen and oxygen atoms in total. The molecule has 0 bridgehead atoms. The van der Waals surface area contributed by atoms with Crippen LogP contribution in [0.3, 0.4) is 0 Å². The molecule has 0 radical (unpaired) electrons. The van der Waals surface area contributed by atoms with Gasteiger partial charge in [-0.25, -0.2) is 0 Å². The number of nitrogens with one attached hydrogen (secondary N) is 1. The summed E-state index contributed by atoms with van der Waals surface area (Å²) in [6.45, 7) is 3.71. The minimum absolute atomic E-state index is 0.00426. The summed E-state index contributed by atoms with van der Waals surface area (Å²) in [4.78, 5) is 0. The molecular weight excluding hydrogens is 323 g/mol. The smallest absolute Gasteiger partial charge is 0.394 e. The third kappa shape index (κ3) is 5.03. The molecule has 1 aromatic carbocycles. The molecule has 108 valence electrons. The van der Waals surface area contributed by atoms with Crippen LogP contribution in [0.4, 0.5) is 18.9 Å². The highest BCUT2D eigenvalue weighted by Crippen LogP contribution is 2.37. The first-order chi connectivity index (χ1) is 8.74. The summed E-state index contributed by atoms with van der Waals surface area (Å²) in [5.74, 6) is 0.287. The second-order valence-corrected chi connectivity index (χ2v) is 5.76. The van der Waals surface area contributed by atoms with Crippen LogP contribution in [0.2, 0.25) is 0 Å². The maximum Gasteiger partial charge on any atom is 0.418 e. The highest BCUT2D eigenvalue weighted by Gasteiger charge is 2.34. The van der Waals surface area contributed by atoms with Crippen molar-refractivity contribution in [1.82, 2.24) is 0 Å². The largest absolute Gasteiger partial charge is 0.418 e. The zero-order chi connectivity index (χ0) is 14.6. The summed E-state index contributed by atoms with van der Waals surface area (Å²) in [5, 5.41) is 12.0. The monoisotopic (exact) mass is 339 g/mol. The van der Waals surface area contributed by atoms with Gasteiger partial charge in [-0.2, -0.15) is 13.2 Å². The van der Waals surface area contributed by atoms with E-state index in [-0.39, 0.29) is 24.3 Å². The van der Waals surface area contributed by atoms with Gasteiger partial charge >= 0.3 is 6.18 Å². The van der Waals surface area contributed by atoms with Crippen LogP contribution in [0.1, 0.15) is 25.8 Å². The molecule has 19 heavy (non-hydrogen) atoms. The van der Waals surface area contributed by atoms with E-state index >= 15 is 0 Å². The van der Waals surface area contributed by atoms with Crippen LogP contribution < -0.4 is 5.32 Å².